The number of carbonyl (C=O) groups excluding carboxylic acids is 1. The van der Waals surface area contributed by atoms with Gasteiger partial charge in [0.15, 0.2) is 5.13 Å². The van der Waals surface area contributed by atoms with Crippen LogP contribution in [0.2, 0.25) is 0 Å². The Morgan fingerprint density at radius 2 is 1.86 bits per heavy atom. The SMILES string of the molecule is CSCCC(NC(=O)c1ccc(C)cc1-c1ccccc1C)C(=O)O.Nc1nc2ccc(F)cc2s1. The fourth-order valence-corrected chi connectivity index (χ4v) is 4.83. The van der Waals surface area contributed by atoms with Gasteiger partial charge in [-0.3, -0.25) is 4.79 Å². The Morgan fingerprint density at radius 3 is 2.56 bits per heavy atom. The van der Waals surface area contributed by atoms with Crippen LogP contribution in [0.25, 0.3) is 21.3 Å². The number of carbonyl (C=O) groups is 2. The Hall–Kier alpha value is -3.43. The van der Waals surface area contributed by atoms with E-state index in [1.807, 2.05) is 56.5 Å². The summed E-state index contributed by atoms with van der Waals surface area (Å²) in [6, 6.07) is 17.0. The first kappa shape index (κ1) is 27.2. The van der Waals surface area contributed by atoms with E-state index in [0.717, 1.165) is 32.5 Å². The zero-order valence-electron chi connectivity index (χ0n) is 20.2. The van der Waals surface area contributed by atoms with E-state index in [4.69, 9.17) is 5.73 Å². The number of fused-ring (bicyclic) bond motifs is 1. The molecule has 4 N–H and O–H groups in total. The number of hydrogen-bond donors (Lipinski definition) is 3. The molecule has 1 aromatic heterocycles. The van der Waals surface area contributed by atoms with Gasteiger partial charge in [0.25, 0.3) is 5.91 Å². The Kier molecular flexibility index (Phi) is 9.44. The molecule has 3 aromatic carbocycles. The zero-order chi connectivity index (χ0) is 26.2. The summed E-state index contributed by atoms with van der Waals surface area (Å²) < 4.78 is 13.4. The molecule has 0 aliphatic heterocycles. The minimum atomic E-state index is -1.01. The van der Waals surface area contributed by atoms with E-state index >= 15 is 0 Å². The molecule has 4 aromatic rings. The molecular formula is C27H28FN3O3S2. The highest BCUT2D eigenvalue weighted by Crippen LogP contribution is 2.28. The molecule has 9 heteroatoms. The van der Waals surface area contributed by atoms with Crippen LogP contribution in [0.3, 0.4) is 0 Å². The summed E-state index contributed by atoms with van der Waals surface area (Å²) in [6.07, 6.45) is 2.31. The topological polar surface area (TPSA) is 105 Å². The van der Waals surface area contributed by atoms with Crippen LogP contribution in [0.5, 0.6) is 0 Å². The van der Waals surface area contributed by atoms with E-state index < -0.39 is 12.0 Å². The van der Waals surface area contributed by atoms with Gasteiger partial charge in [0, 0.05) is 5.56 Å². The van der Waals surface area contributed by atoms with Crippen molar-refractivity contribution >= 4 is 50.3 Å². The van der Waals surface area contributed by atoms with Gasteiger partial charge in [0.05, 0.1) is 10.2 Å². The number of anilines is 1. The van der Waals surface area contributed by atoms with E-state index in [9.17, 15) is 19.1 Å². The number of carboxylic acids is 1. The summed E-state index contributed by atoms with van der Waals surface area (Å²) in [5.41, 5.74) is 10.6. The van der Waals surface area contributed by atoms with Gasteiger partial charge in [0.1, 0.15) is 11.9 Å². The second kappa shape index (κ2) is 12.5. The minimum Gasteiger partial charge on any atom is -0.480 e. The lowest BCUT2D eigenvalue weighted by Crippen LogP contribution is -2.41. The monoisotopic (exact) mass is 525 g/mol. The molecule has 188 valence electrons. The van der Waals surface area contributed by atoms with Gasteiger partial charge < -0.3 is 16.2 Å². The van der Waals surface area contributed by atoms with Crippen molar-refractivity contribution in [3.63, 3.8) is 0 Å². The minimum absolute atomic E-state index is 0.249. The van der Waals surface area contributed by atoms with Crippen LogP contribution in [0, 0.1) is 19.7 Å². The van der Waals surface area contributed by atoms with Crippen molar-refractivity contribution in [3.8, 4) is 11.1 Å². The average molecular weight is 526 g/mol. The van der Waals surface area contributed by atoms with E-state index in [-0.39, 0.29) is 11.7 Å². The van der Waals surface area contributed by atoms with Crippen molar-refractivity contribution in [1.82, 2.24) is 10.3 Å². The van der Waals surface area contributed by atoms with Crippen molar-refractivity contribution in [2.45, 2.75) is 26.3 Å². The van der Waals surface area contributed by atoms with Crippen LogP contribution >= 0.6 is 23.1 Å². The molecule has 1 atom stereocenters. The normalized spacial score (nSPS) is 11.4. The Bertz CT molecular complexity index is 1370. The van der Waals surface area contributed by atoms with Crippen LogP contribution in [0.1, 0.15) is 27.9 Å². The Balaban J connectivity index is 0.000000270. The van der Waals surface area contributed by atoms with Crippen LogP contribution in [0.15, 0.2) is 60.7 Å². The summed E-state index contributed by atoms with van der Waals surface area (Å²) >= 11 is 2.85. The van der Waals surface area contributed by atoms with Gasteiger partial charge >= 0.3 is 5.97 Å². The average Bonchev–Trinajstić information content (AvgIpc) is 3.21. The molecule has 0 spiro atoms. The smallest absolute Gasteiger partial charge is 0.326 e. The number of nitrogens with two attached hydrogens (primary N) is 1. The van der Waals surface area contributed by atoms with E-state index in [2.05, 4.69) is 10.3 Å². The number of nitrogen functional groups attached to an aromatic ring is 1. The molecular weight excluding hydrogens is 497 g/mol. The summed E-state index contributed by atoms with van der Waals surface area (Å²) in [5, 5.41) is 12.5. The van der Waals surface area contributed by atoms with E-state index in [1.54, 1.807) is 23.9 Å². The number of halogens is 1. The molecule has 1 amide bonds. The second-order valence-corrected chi connectivity index (χ2v) is 10.2. The summed E-state index contributed by atoms with van der Waals surface area (Å²) in [4.78, 5) is 28.2. The van der Waals surface area contributed by atoms with Gasteiger partial charge in [-0.1, -0.05) is 53.3 Å². The fraction of sp³-hybridized carbons (Fsp3) is 0.222. The summed E-state index contributed by atoms with van der Waals surface area (Å²) in [6.45, 7) is 3.97. The zero-order valence-corrected chi connectivity index (χ0v) is 21.9. The predicted octanol–water partition coefficient (Wildman–Crippen LogP) is 5.92. The fourth-order valence-electron chi connectivity index (χ4n) is 3.60. The quantitative estimate of drug-likeness (QED) is 0.276. The standard InChI is InChI=1S/C20H23NO3S.C7H5FN2S/c1-13-8-9-16(17(12-13)15-7-5-4-6-14(15)2)19(22)21-18(20(23)24)10-11-25-3;8-4-1-2-5-6(3-4)11-7(9)10-5/h4-9,12,18H,10-11H2,1-3H3,(H,21,22)(H,23,24);1-3H,(H2,9,10). The van der Waals surface area contributed by atoms with Gasteiger partial charge in [0.2, 0.25) is 0 Å². The van der Waals surface area contributed by atoms with Gasteiger partial charge in [-0.2, -0.15) is 11.8 Å². The molecule has 0 saturated carbocycles. The lowest BCUT2D eigenvalue weighted by atomic mass is 9.94. The van der Waals surface area contributed by atoms with Gasteiger partial charge in [-0.05, 0) is 73.2 Å². The first-order valence-electron chi connectivity index (χ1n) is 11.2. The maximum Gasteiger partial charge on any atom is 0.326 e. The lowest BCUT2D eigenvalue weighted by Gasteiger charge is -2.17. The third kappa shape index (κ3) is 7.05. The van der Waals surface area contributed by atoms with Crippen LogP contribution in [-0.4, -0.2) is 40.0 Å². The van der Waals surface area contributed by atoms with Crippen molar-refractivity contribution in [2.75, 3.05) is 17.7 Å². The van der Waals surface area contributed by atoms with Crippen LogP contribution < -0.4 is 11.1 Å². The highest BCUT2D eigenvalue weighted by molar-refractivity contribution is 7.98. The first-order valence-corrected chi connectivity index (χ1v) is 13.4. The molecule has 0 saturated heterocycles. The molecule has 0 aliphatic carbocycles. The van der Waals surface area contributed by atoms with Gasteiger partial charge in [-0.15, -0.1) is 0 Å². The molecule has 0 radical (unpaired) electrons. The summed E-state index contributed by atoms with van der Waals surface area (Å²) in [7, 11) is 0. The second-order valence-electron chi connectivity index (χ2n) is 8.17. The highest BCUT2D eigenvalue weighted by Gasteiger charge is 2.22. The lowest BCUT2D eigenvalue weighted by molar-refractivity contribution is -0.139. The number of carboxylic acid groups (broad SMARTS) is 1. The molecule has 6 nitrogen and oxygen atoms in total. The number of nitrogens with zero attached hydrogens (tertiary/aromatic N) is 1. The molecule has 1 unspecified atom stereocenters. The molecule has 0 aliphatic rings. The van der Waals surface area contributed by atoms with Crippen LogP contribution in [-0.2, 0) is 4.79 Å². The number of nitrogens with one attached hydrogen (secondary N) is 1. The molecule has 0 bridgehead atoms. The van der Waals surface area contributed by atoms with Crippen LogP contribution in [0.4, 0.5) is 9.52 Å². The number of aliphatic carboxylic acids is 1. The number of hydrogen-bond acceptors (Lipinski definition) is 6. The van der Waals surface area contributed by atoms with Crippen molar-refractivity contribution < 1.29 is 19.1 Å². The number of thioether (sulfide) groups is 1. The Morgan fingerprint density at radius 1 is 1.11 bits per heavy atom. The molecule has 36 heavy (non-hydrogen) atoms. The maximum absolute atomic E-state index is 12.8. The third-order valence-corrected chi connectivity index (χ3v) is 6.93. The number of aromatic nitrogens is 1. The number of amides is 1. The van der Waals surface area contributed by atoms with Crippen molar-refractivity contribution in [3.05, 3.63) is 83.2 Å². The third-order valence-electron chi connectivity index (χ3n) is 5.44. The maximum atomic E-state index is 12.8. The number of rotatable bonds is 7. The van der Waals surface area contributed by atoms with E-state index in [1.165, 1.54) is 23.5 Å². The molecule has 1 heterocycles. The summed E-state index contributed by atoms with van der Waals surface area (Å²) in [5.74, 6) is -0.935. The van der Waals surface area contributed by atoms with Crippen molar-refractivity contribution in [2.24, 2.45) is 0 Å². The number of thiazole rings is 1. The van der Waals surface area contributed by atoms with Gasteiger partial charge in [-0.25, -0.2) is 14.2 Å². The Labute approximate surface area is 217 Å². The highest BCUT2D eigenvalue weighted by atomic mass is 32.2. The van der Waals surface area contributed by atoms with Crippen molar-refractivity contribution in [1.29, 1.82) is 0 Å². The first-order chi connectivity index (χ1) is 17.2. The van der Waals surface area contributed by atoms with E-state index in [0.29, 0.717) is 22.9 Å². The predicted molar refractivity (Wildman–Crippen MR) is 147 cm³/mol. The molecule has 0 fully saturated rings. The molecule has 4 rings (SSSR count). The number of benzene rings is 3. The number of aryl methyl sites for hydroxylation is 2. The largest absolute Gasteiger partial charge is 0.480 e.